The minimum Gasteiger partial charge on any atom is -0.319 e. The van der Waals surface area contributed by atoms with Crippen LogP contribution in [0.4, 0.5) is 5.69 Å². The first-order chi connectivity index (χ1) is 14.1. The molecule has 146 valence electrons. The number of hydrogen-bond acceptors (Lipinski definition) is 5. The molecule has 0 aliphatic carbocycles. The van der Waals surface area contributed by atoms with Gasteiger partial charge in [-0.1, -0.05) is 42.0 Å². The lowest BCUT2D eigenvalue weighted by atomic mass is 10.1. The van der Waals surface area contributed by atoms with E-state index in [9.17, 15) is 4.79 Å². The van der Waals surface area contributed by atoms with E-state index in [0.29, 0.717) is 30.2 Å². The van der Waals surface area contributed by atoms with Crippen LogP contribution in [-0.2, 0) is 13.1 Å². The van der Waals surface area contributed by atoms with Gasteiger partial charge in [-0.05, 0) is 42.0 Å². The molecule has 0 bridgehead atoms. The standard InChI is InChI=1S/C21H21N7O/c1-3-28-20(24-25-26-28)17-8-5-9-18(11-17)21(29)23-19-12-22-27(14-19)13-16-7-4-6-15(2)10-16/h4-12,14H,3,13H2,1-2H3,(H,23,29). The second-order valence-corrected chi connectivity index (χ2v) is 6.77. The molecule has 0 aliphatic rings. The Morgan fingerprint density at radius 1 is 1.14 bits per heavy atom. The maximum absolute atomic E-state index is 12.7. The lowest BCUT2D eigenvalue weighted by Gasteiger charge is -2.06. The van der Waals surface area contributed by atoms with E-state index in [0.717, 1.165) is 11.1 Å². The van der Waals surface area contributed by atoms with Gasteiger partial charge in [-0.15, -0.1) is 5.10 Å². The summed E-state index contributed by atoms with van der Waals surface area (Å²) in [4.78, 5) is 12.7. The molecule has 0 aliphatic heterocycles. The molecule has 29 heavy (non-hydrogen) atoms. The molecule has 0 saturated carbocycles. The van der Waals surface area contributed by atoms with Crippen molar-refractivity contribution in [3.63, 3.8) is 0 Å². The minimum absolute atomic E-state index is 0.211. The minimum atomic E-state index is -0.211. The smallest absolute Gasteiger partial charge is 0.255 e. The van der Waals surface area contributed by atoms with Gasteiger partial charge in [-0.3, -0.25) is 9.48 Å². The lowest BCUT2D eigenvalue weighted by molar-refractivity contribution is 0.102. The van der Waals surface area contributed by atoms with Crippen molar-refractivity contribution in [3.8, 4) is 11.4 Å². The molecule has 2 aromatic carbocycles. The van der Waals surface area contributed by atoms with Crippen molar-refractivity contribution in [2.45, 2.75) is 26.9 Å². The molecule has 0 fully saturated rings. The van der Waals surface area contributed by atoms with E-state index in [4.69, 9.17) is 0 Å². The monoisotopic (exact) mass is 387 g/mol. The Kier molecular flexibility index (Phi) is 5.15. The van der Waals surface area contributed by atoms with E-state index in [2.05, 4.69) is 51.1 Å². The molecule has 4 aromatic rings. The SMILES string of the molecule is CCn1nnnc1-c1cccc(C(=O)Nc2cnn(Cc3cccc(C)c3)c2)c1. The topological polar surface area (TPSA) is 90.5 Å². The van der Waals surface area contributed by atoms with Crippen LogP contribution >= 0.6 is 0 Å². The molecule has 1 amide bonds. The van der Waals surface area contributed by atoms with Gasteiger partial charge < -0.3 is 5.32 Å². The maximum atomic E-state index is 12.7. The van der Waals surface area contributed by atoms with Crippen LogP contribution in [0.5, 0.6) is 0 Å². The fraction of sp³-hybridized carbons (Fsp3) is 0.190. The normalized spacial score (nSPS) is 10.8. The summed E-state index contributed by atoms with van der Waals surface area (Å²) in [5, 5.41) is 18.9. The highest BCUT2D eigenvalue weighted by atomic mass is 16.1. The first kappa shape index (κ1) is 18.5. The van der Waals surface area contributed by atoms with Gasteiger partial charge in [0.2, 0.25) is 0 Å². The molecule has 8 heteroatoms. The molecule has 0 atom stereocenters. The third-order valence-corrected chi connectivity index (χ3v) is 4.53. The van der Waals surface area contributed by atoms with E-state index in [1.54, 1.807) is 27.7 Å². The Morgan fingerprint density at radius 2 is 2.00 bits per heavy atom. The van der Waals surface area contributed by atoms with Gasteiger partial charge in [0, 0.05) is 23.9 Å². The van der Waals surface area contributed by atoms with Crippen molar-refractivity contribution in [1.82, 2.24) is 30.0 Å². The summed E-state index contributed by atoms with van der Waals surface area (Å²) in [6.07, 6.45) is 3.47. The molecule has 0 saturated heterocycles. The van der Waals surface area contributed by atoms with Gasteiger partial charge in [0.25, 0.3) is 5.91 Å². The third-order valence-electron chi connectivity index (χ3n) is 4.53. The average Bonchev–Trinajstić information content (AvgIpc) is 3.37. The number of carbonyl (C=O) groups excluding carboxylic acids is 1. The summed E-state index contributed by atoms with van der Waals surface area (Å²) in [5.41, 5.74) is 4.33. The van der Waals surface area contributed by atoms with E-state index in [1.807, 2.05) is 31.3 Å². The van der Waals surface area contributed by atoms with Gasteiger partial charge in [-0.25, -0.2) is 4.68 Å². The molecule has 2 aromatic heterocycles. The number of carbonyl (C=O) groups is 1. The Hall–Kier alpha value is -3.81. The zero-order valence-corrected chi connectivity index (χ0v) is 16.3. The van der Waals surface area contributed by atoms with Crippen molar-refractivity contribution < 1.29 is 4.79 Å². The molecule has 0 unspecified atom stereocenters. The Labute approximate surface area is 168 Å². The van der Waals surface area contributed by atoms with Crippen LogP contribution in [0.1, 0.15) is 28.4 Å². The van der Waals surface area contributed by atoms with Gasteiger partial charge in [0.1, 0.15) is 0 Å². The number of amides is 1. The zero-order valence-electron chi connectivity index (χ0n) is 16.3. The summed E-state index contributed by atoms with van der Waals surface area (Å²) >= 11 is 0. The van der Waals surface area contributed by atoms with Crippen LogP contribution in [0.2, 0.25) is 0 Å². The predicted molar refractivity (Wildman–Crippen MR) is 109 cm³/mol. The Balaban J connectivity index is 1.47. The number of nitrogens with one attached hydrogen (secondary N) is 1. The molecule has 2 heterocycles. The number of anilines is 1. The summed E-state index contributed by atoms with van der Waals surface area (Å²) in [6.45, 7) is 5.32. The van der Waals surface area contributed by atoms with Crippen LogP contribution in [-0.4, -0.2) is 35.9 Å². The van der Waals surface area contributed by atoms with Crippen molar-refractivity contribution >= 4 is 11.6 Å². The maximum Gasteiger partial charge on any atom is 0.255 e. The number of hydrogen-bond donors (Lipinski definition) is 1. The quantitative estimate of drug-likeness (QED) is 0.549. The largest absolute Gasteiger partial charge is 0.319 e. The summed E-state index contributed by atoms with van der Waals surface area (Å²) in [7, 11) is 0. The highest BCUT2D eigenvalue weighted by Crippen LogP contribution is 2.18. The van der Waals surface area contributed by atoms with Gasteiger partial charge >= 0.3 is 0 Å². The molecule has 1 N–H and O–H groups in total. The van der Waals surface area contributed by atoms with Crippen molar-refractivity contribution in [3.05, 3.63) is 77.6 Å². The molecular weight excluding hydrogens is 366 g/mol. The lowest BCUT2D eigenvalue weighted by Crippen LogP contribution is -2.11. The van der Waals surface area contributed by atoms with Gasteiger partial charge in [0.05, 0.1) is 18.4 Å². The average molecular weight is 387 g/mol. The van der Waals surface area contributed by atoms with Crippen LogP contribution in [0, 0.1) is 6.92 Å². The molecular formula is C21H21N7O. The number of nitrogens with zero attached hydrogens (tertiary/aromatic N) is 6. The molecule has 0 spiro atoms. The summed E-state index contributed by atoms with van der Waals surface area (Å²) in [5.74, 6) is 0.422. The molecule has 4 rings (SSSR count). The number of tetrazole rings is 1. The molecule has 0 radical (unpaired) electrons. The van der Waals surface area contributed by atoms with E-state index < -0.39 is 0 Å². The summed E-state index contributed by atoms with van der Waals surface area (Å²) in [6, 6.07) is 15.5. The number of rotatable bonds is 6. The van der Waals surface area contributed by atoms with Gasteiger partial charge in [0.15, 0.2) is 5.82 Å². The first-order valence-electron chi connectivity index (χ1n) is 9.38. The number of aromatic nitrogens is 6. The van der Waals surface area contributed by atoms with Crippen LogP contribution in [0.3, 0.4) is 0 Å². The Bertz CT molecular complexity index is 1150. The van der Waals surface area contributed by atoms with E-state index in [-0.39, 0.29) is 5.91 Å². The fourth-order valence-corrected chi connectivity index (χ4v) is 3.14. The number of benzene rings is 2. The van der Waals surface area contributed by atoms with Crippen LogP contribution in [0.25, 0.3) is 11.4 Å². The van der Waals surface area contributed by atoms with Crippen molar-refractivity contribution in [2.24, 2.45) is 0 Å². The summed E-state index contributed by atoms with van der Waals surface area (Å²) < 4.78 is 3.49. The first-order valence-corrected chi connectivity index (χ1v) is 9.38. The van der Waals surface area contributed by atoms with Crippen molar-refractivity contribution in [1.29, 1.82) is 0 Å². The van der Waals surface area contributed by atoms with Gasteiger partial charge in [-0.2, -0.15) is 5.10 Å². The zero-order chi connectivity index (χ0) is 20.2. The van der Waals surface area contributed by atoms with E-state index >= 15 is 0 Å². The molecule has 8 nitrogen and oxygen atoms in total. The number of aryl methyl sites for hydroxylation is 2. The highest BCUT2D eigenvalue weighted by molar-refractivity contribution is 6.04. The van der Waals surface area contributed by atoms with E-state index in [1.165, 1.54) is 5.56 Å². The second kappa shape index (κ2) is 8.05. The van der Waals surface area contributed by atoms with Crippen LogP contribution in [0.15, 0.2) is 60.9 Å². The fourth-order valence-electron chi connectivity index (χ4n) is 3.14. The predicted octanol–water partition coefficient (Wildman–Crippen LogP) is 3.17. The van der Waals surface area contributed by atoms with Crippen molar-refractivity contribution in [2.75, 3.05) is 5.32 Å². The van der Waals surface area contributed by atoms with Crippen LogP contribution < -0.4 is 5.32 Å². The second-order valence-electron chi connectivity index (χ2n) is 6.77. The third kappa shape index (κ3) is 4.21. The highest BCUT2D eigenvalue weighted by Gasteiger charge is 2.12. The Morgan fingerprint density at radius 3 is 2.83 bits per heavy atom.